The van der Waals surface area contributed by atoms with Crippen LogP contribution in [0, 0.1) is 0 Å². The first-order valence-electron chi connectivity index (χ1n) is 5.77. The molecule has 0 aliphatic rings. The summed E-state index contributed by atoms with van der Waals surface area (Å²) in [4.78, 5) is 0. The van der Waals surface area contributed by atoms with Gasteiger partial charge in [0.05, 0.1) is 12.3 Å². The molecule has 17 heavy (non-hydrogen) atoms. The maximum absolute atomic E-state index is 5.84. The van der Waals surface area contributed by atoms with Gasteiger partial charge < -0.3 is 9.73 Å². The molecule has 0 fully saturated rings. The molecule has 1 N–H and O–H groups in total. The van der Waals surface area contributed by atoms with Crippen molar-refractivity contribution in [3.63, 3.8) is 0 Å². The van der Waals surface area contributed by atoms with E-state index in [9.17, 15) is 0 Å². The minimum Gasteiger partial charge on any atom is -0.468 e. The van der Waals surface area contributed by atoms with Crippen molar-refractivity contribution in [2.75, 3.05) is 6.54 Å². The SMILES string of the molecule is CC(NCCc1ccc(Cl)cc1)c1ccco1. The van der Waals surface area contributed by atoms with Gasteiger partial charge in [-0.05, 0) is 49.7 Å². The van der Waals surface area contributed by atoms with Crippen LogP contribution in [0.5, 0.6) is 0 Å². The molecule has 1 unspecified atom stereocenters. The summed E-state index contributed by atoms with van der Waals surface area (Å²) in [5, 5.41) is 4.20. The Bertz CT molecular complexity index is 436. The van der Waals surface area contributed by atoms with Crippen LogP contribution in [0.3, 0.4) is 0 Å². The van der Waals surface area contributed by atoms with Gasteiger partial charge in [-0.15, -0.1) is 0 Å². The molecule has 0 aliphatic carbocycles. The normalized spacial score (nSPS) is 12.6. The standard InChI is InChI=1S/C14H16ClNO/c1-11(14-3-2-10-17-14)16-9-8-12-4-6-13(15)7-5-12/h2-7,10-11,16H,8-9H2,1H3. The first-order valence-corrected chi connectivity index (χ1v) is 6.15. The predicted molar refractivity (Wildman–Crippen MR) is 70.3 cm³/mol. The second-order valence-electron chi connectivity index (χ2n) is 4.07. The van der Waals surface area contributed by atoms with Crippen molar-refractivity contribution in [1.29, 1.82) is 0 Å². The highest BCUT2D eigenvalue weighted by Crippen LogP contribution is 2.13. The van der Waals surface area contributed by atoms with Gasteiger partial charge >= 0.3 is 0 Å². The van der Waals surface area contributed by atoms with E-state index < -0.39 is 0 Å². The van der Waals surface area contributed by atoms with E-state index in [4.69, 9.17) is 16.0 Å². The lowest BCUT2D eigenvalue weighted by Crippen LogP contribution is -2.20. The number of rotatable bonds is 5. The van der Waals surface area contributed by atoms with Crippen molar-refractivity contribution in [3.05, 3.63) is 59.0 Å². The van der Waals surface area contributed by atoms with E-state index in [2.05, 4.69) is 24.4 Å². The Morgan fingerprint density at radius 1 is 1.24 bits per heavy atom. The van der Waals surface area contributed by atoms with E-state index in [0.717, 1.165) is 23.7 Å². The fourth-order valence-electron chi connectivity index (χ4n) is 1.72. The van der Waals surface area contributed by atoms with Crippen LogP contribution < -0.4 is 5.32 Å². The van der Waals surface area contributed by atoms with Crippen molar-refractivity contribution in [2.24, 2.45) is 0 Å². The second-order valence-corrected chi connectivity index (χ2v) is 4.50. The molecule has 3 heteroatoms. The van der Waals surface area contributed by atoms with Crippen molar-refractivity contribution in [2.45, 2.75) is 19.4 Å². The minimum atomic E-state index is 0.248. The molecule has 0 radical (unpaired) electrons. The second kappa shape index (κ2) is 5.89. The van der Waals surface area contributed by atoms with Crippen LogP contribution in [0.2, 0.25) is 5.02 Å². The Morgan fingerprint density at radius 2 is 2.00 bits per heavy atom. The molecule has 0 spiro atoms. The summed E-state index contributed by atoms with van der Waals surface area (Å²) in [6, 6.07) is 12.1. The fraction of sp³-hybridized carbons (Fsp3) is 0.286. The van der Waals surface area contributed by atoms with Gasteiger partial charge in [0.1, 0.15) is 5.76 Å². The van der Waals surface area contributed by atoms with Gasteiger partial charge in [-0.3, -0.25) is 0 Å². The molecule has 90 valence electrons. The lowest BCUT2D eigenvalue weighted by Gasteiger charge is -2.11. The lowest BCUT2D eigenvalue weighted by atomic mass is 10.1. The van der Waals surface area contributed by atoms with Crippen LogP contribution in [0.25, 0.3) is 0 Å². The highest BCUT2D eigenvalue weighted by Gasteiger charge is 2.06. The van der Waals surface area contributed by atoms with E-state index in [0.29, 0.717) is 0 Å². The van der Waals surface area contributed by atoms with Crippen LogP contribution in [-0.4, -0.2) is 6.54 Å². The molecule has 0 bridgehead atoms. The van der Waals surface area contributed by atoms with Crippen LogP contribution >= 0.6 is 11.6 Å². The molecule has 0 amide bonds. The van der Waals surface area contributed by atoms with Crippen LogP contribution in [-0.2, 0) is 6.42 Å². The van der Waals surface area contributed by atoms with E-state index in [1.165, 1.54) is 5.56 Å². The smallest absolute Gasteiger partial charge is 0.120 e. The molecule has 1 heterocycles. The minimum absolute atomic E-state index is 0.248. The molecule has 1 aromatic carbocycles. The summed E-state index contributed by atoms with van der Waals surface area (Å²) >= 11 is 5.84. The third kappa shape index (κ3) is 3.62. The average Bonchev–Trinajstić information content (AvgIpc) is 2.85. The van der Waals surface area contributed by atoms with Gasteiger partial charge in [0.25, 0.3) is 0 Å². The molecule has 1 atom stereocenters. The molecule has 0 saturated heterocycles. The number of halogens is 1. The molecular formula is C14H16ClNO. The molecule has 0 saturated carbocycles. The van der Waals surface area contributed by atoms with Gasteiger partial charge in [-0.2, -0.15) is 0 Å². The van der Waals surface area contributed by atoms with Gasteiger partial charge in [0, 0.05) is 5.02 Å². The maximum atomic E-state index is 5.84. The van der Waals surface area contributed by atoms with Gasteiger partial charge in [-0.25, -0.2) is 0 Å². The van der Waals surface area contributed by atoms with Gasteiger partial charge in [-0.1, -0.05) is 23.7 Å². The third-order valence-electron chi connectivity index (χ3n) is 2.75. The summed E-state index contributed by atoms with van der Waals surface area (Å²) < 4.78 is 5.33. The Balaban J connectivity index is 1.78. The van der Waals surface area contributed by atoms with E-state index in [1.54, 1.807) is 6.26 Å². The van der Waals surface area contributed by atoms with Crippen molar-refractivity contribution in [1.82, 2.24) is 5.32 Å². The van der Waals surface area contributed by atoms with E-state index in [1.807, 2.05) is 24.3 Å². The number of furan rings is 1. The summed E-state index contributed by atoms with van der Waals surface area (Å²) in [5.41, 5.74) is 1.29. The fourth-order valence-corrected chi connectivity index (χ4v) is 1.85. The number of nitrogens with one attached hydrogen (secondary N) is 1. The maximum Gasteiger partial charge on any atom is 0.120 e. The quantitative estimate of drug-likeness (QED) is 0.871. The molecule has 2 nitrogen and oxygen atoms in total. The van der Waals surface area contributed by atoms with E-state index >= 15 is 0 Å². The number of hydrogen-bond donors (Lipinski definition) is 1. The molecular weight excluding hydrogens is 234 g/mol. The van der Waals surface area contributed by atoms with Crippen LogP contribution in [0.15, 0.2) is 47.1 Å². The molecule has 1 aromatic heterocycles. The largest absolute Gasteiger partial charge is 0.468 e. The molecule has 2 aromatic rings. The van der Waals surface area contributed by atoms with E-state index in [-0.39, 0.29) is 6.04 Å². The zero-order valence-electron chi connectivity index (χ0n) is 9.82. The Labute approximate surface area is 107 Å². The Kier molecular flexibility index (Phi) is 4.24. The van der Waals surface area contributed by atoms with Crippen LogP contribution in [0.4, 0.5) is 0 Å². The lowest BCUT2D eigenvalue weighted by molar-refractivity contribution is 0.432. The highest BCUT2D eigenvalue weighted by atomic mass is 35.5. The number of benzene rings is 1. The van der Waals surface area contributed by atoms with Crippen LogP contribution in [0.1, 0.15) is 24.3 Å². The first-order chi connectivity index (χ1) is 8.25. The molecule has 0 aliphatic heterocycles. The zero-order chi connectivity index (χ0) is 12.1. The summed E-state index contributed by atoms with van der Waals surface area (Å²) in [6.45, 7) is 3.02. The predicted octanol–water partition coefficient (Wildman–Crippen LogP) is 3.83. The monoisotopic (exact) mass is 249 g/mol. The third-order valence-corrected chi connectivity index (χ3v) is 3.00. The summed E-state index contributed by atoms with van der Waals surface area (Å²) in [5.74, 6) is 0.973. The highest BCUT2D eigenvalue weighted by molar-refractivity contribution is 6.30. The topological polar surface area (TPSA) is 25.2 Å². The summed E-state index contributed by atoms with van der Waals surface area (Å²) in [6.07, 6.45) is 2.69. The summed E-state index contributed by atoms with van der Waals surface area (Å²) in [7, 11) is 0. The Hall–Kier alpha value is -1.25. The van der Waals surface area contributed by atoms with Gasteiger partial charge in [0.15, 0.2) is 0 Å². The van der Waals surface area contributed by atoms with Gasteiger partial charge in [0.2, 0.25) is 0 Å². The zero-order valence-corrected chi connectivity index (χ0v) is 10.6. The van der Waals surface area contributed by atoms with Crippen molar-refractivity contribution in [3.8, 4) is 0 Å². The van der Waals surface area contributed by atoms with Crippen molar-refractivity contribution < 1.29 is 4.42 Å². The first kappa shape index (κ1) is 12.2. The number of hydrogen-bond acceptors (Lipinski definition) is 2. The molecule has 2 rings (SSSR count). The van der Waals surface area contributed by atoms with Crippen molar-refractivity contribution >= 4 is 11.6 Å². The Morgan fingerprint density at radius 3 is 2.65 bits per heavy atom. The average molecular weight is 250 g/mol.